The molecule has 0 N–H and O–H groups in total. The van der Waals surface area contributed by atoms with Crippen molar-refractivity contribution in [3.8, 4) is 0 Å². The zero-order valence-electron chi connectivity index (χ0n) is 42.5. The van der Waals surface area contributed by atoms with Gasteiger partial charge in [-0.1, -0.05) is 272 Å². The van der Waals surface area contributed by atoms with Crippen LogP contribution in [0.5, 0.6) is 0 Å². The summed E-state index contributed by atoms with van der Waals surface area (Å²) in [6.45, 7) is 11.4. The molecule has 0 aliphatic carbocycles. The summed E-state index contributed by atoms with van der Waals surface area (Å²) in [5.41, 5.74) is 0. The highest BCUT2D eigenvalue weighted by Gasteiger charge is 2.19. The van der Waals surface area contributed by atoms with Crippen LogP contribution in [0.25, 0.3) is 0 Å². The molecule has 0 aromatic heterocycles. The Morgan fingerprint density at radius 2 is 0.532 bits per heavy atom. The monoisotopic (exact) mass is 877 g/mol. The summed E-state index contributed by atoms with van der Waals surface area (Å²) in [6.07, 6.45) is 51.1. The molecule has 0 aromatic rings. The van der Waals surface area contributed by atoms with Gasteiger partial charge < -0.3 is 14.2 Å². The van der Waals surface area contributed by atoms with Crippen molar-refractivity contribution in [1.29, 1.82) is 0 Å². The maximum atomic E-state index is 12.8. The topological polar surface area (TPSA) is 78.9 Å². The number of carbonyl (C=O) groups is 3. The minimum Gasteiger partial charge on any atom is -0.462 e. The van der Waals surface area contributed by atoms with Crippen LogP contribution in [0.1, 0.15) is 311 Å². The van der Waals surface area contributed by atoms with Crippen LogP contribution in [-0.2, 0) is 28.6 Å². The van der Waals surface area contributed by atoms with Gasteiger partial charge in [-0.2, -0.15) is 0 Å². The van der Waals surface area contributed by atoms with Crippen LogP contribution in [0, 0.1) is 11.8 Å². The van der Waals surface area contributed by atoms with Gasteiger partial charge in [0, 0.05) is 19.3 Å². The van der Waals surface area contributed by atoms with Gasteiger partial charge in [0.1, 0.15) is 13.2 Å². The molecule has 0 heterocycles. The lowest BCUT2D eigenvalue weighted by Crippen LogP contribution is -2.30. The van der Waals surface area contributed by atoms with E-state index in [1.165, 1.54) is 199 Å². The second kappa shape index (κ2) is 48.9. The van der Waals surface area contributed by atoms with Crippen LogP contribution in [0.15, 0.2) is 0 Å². The second-order valence-electron chi connectivity index (χ2n) is 20.2. The molecule has 0 saturated heterocycles. The highest BCUT2D eigenvalue weighted by atomic mass is 16.6. The van der Waals surface area contributed by atoms with E-state index >= 15 is 0 Å². The smallest absolute Gasteiger partial charge is 0.306 e. The van der Waals surface area contributed by atoms with Gasteiger partial charge in [0.2, 0.25) is 0 Å². The Balaban J connectivity index is 4.20. The lowest BCUT2D eigenvalue weighted by molar-refractivity contribution is -0.167. The SMILES string of the molecule is CCCCCCCCCCCCCCCC(=O)O[C@H](COC(=O)CCCCCCCCCCCCCCCCCCCCC(C)C)COC(=O)CCCCCCCCCC(C)C. The fourth-order valence-electron chi connectivity index (χ4n) is 8.52. The van der Waals surface area contributed by atoms with E-state index in [9.17, 15) is 14.4 Å². The van der Waals surface area contributed by atoms with Crippen molar-refractivity contribution in [2.75, 3.05) is 13.2 Å². The van der Waals surface area contributed by atoms with Gasteiger partial charge in [-0.05, 0) is 31.1 Å². The van der Waals surface area contributed by atoms with Gasteiger partial charge in [0.25, 0.3) is 0 Å². The average Bonchev–Trinajstić information content (AvgIpc) is 3.24. The van der Waals surface area contributed by atoms with Gasteiger partial charge in [0.05, 0.1) is 0 Å². The first-order valence-electron chi connectivity index (χ1n) is 27.7. The molecule has 0 fully saturated rings. The third kappa shape index (κ3) is 49.4. The number of hydrogen-bond acceptors (Lipinski definition) is 6. The summed E-state index contributed by atoms with van der Waals surface area (Å²) >= 11 is 0. The zero-order valence-corrected chi connectivity index (χ0v) is 42.5. The van der Waals surface area contributed by atoms with Gasteiger partial charge in [-0.3, -0.25) is 14.4 Å². The first-order chi connectivity index (χ1) is 30.2. The third-order valence-corrected chi connectivity index (χ3v) is 12.7. The summed E-state index contributed by atoms with van der Waals surface area (Å²) in [5.74, 6) is 0.794. The van der Waals surface area contributed by atoms with E-state index in [0.29, 0.717) is 19.3 Å². The molecule has 0 amide bonds. The molecule has 0 saturated carbocycles. The van der Waals surface area contributed by atoms with Crippen LogP contribution in [0.3, 0.4) is 0 Å². The normalized spacial score (nSPS) is 12.0. The molecule has 6 nitrogen and oxygen atoms in total. The molecule has 368 valence electrons. The molecule has 0 aliphatic heterocycles. The van der Waals surface area contributed by atoms with E-state index in [1.54, 1.807) is 0 Å². The van der Waals surface area contributed by atoms with Crippen molar-refractivity contribution in [3.63, 3.8) is 0 Å². The van der Waals surface area contributed by atoms with Crippen molar-refractivity contribution < 1.29 is 28.6 Å². The summed E-state index contributed by atoms with van der Waals surface area (Å²) in [4.78, 5) is 38.0. The zero-order chi connectivity index (χ0) is 45.4. The molecule has 0 spiro atoms. The van der Waals surface area contributed by atoms with Crippen molar-refractivity contribution in [1.82, 2.24) is 0 Å². The van der Waals surface area contributed by atoms with Crippen molar-refractivity contribution >= 4 is 17.9 Å². The van der Waals surface area contributed by atoms with Crippen LogP contribution < -0.4 is 0 Å². The fourth-order valence-corrected chi connectivity index (χ4v) is 8.52. The first kappa shape index (κ1) is 60.4. The van der Waals surface area contributed by atoms with E-state index in [2.05, 4.69) is 34.6 Å². The lowest BCUT2D eigenvalue weighted by Gasteiger charge is -2.18. The molecule has 0 aliphatic rings. The van der Waals surface area contributed by atoms with Crippen LogP contribution in [0.4, 0.5) is 0 Å². The van der Waals surface area contributed by atoms with E-state index in [4.69, 9.17) is 14.2 Å². The molecule has 0 rings (SSSR count). The van der Waals surface area contributed by atoms with Gasteiger partial charge in [0.15, 0.2) is 6.10 Å². The summed E-state index contributed by atoms with van der Waals surface area (Å²) in [7, 11) is 0. The Bertz CT molecular complexity index is 947. The number of unbranched alkanes of at least 4 members (excludes halogenated alkanes) is 35. The molecule has 6 heteroatoms. The quantitative estimate of drug-likeness (QED) is 0.0344. The van der Waals surface area contributed by atoms with Crippen LogP contribution in [0.2, 0.25) is 0 Å². The lowest BCUT2D eigenvalue weighted by atomic mass is 10.0. The molecule has 0 aromatic carbocycles. The third-order valence-electron chi connectivity index (χ3n) is 12.7. The molecular weight excluding hydrogens is 769 g/mol. The van der Waals surface area contributed by atoms with Crippen molar-refractivity contribution in [2.24, 2.45) is 11.8 Å². The van der Waals surface area contributed by atoms with Gasteiger partial charge in [-0.15, -0.1) is 0 Å². The number of hydrogen-bond donors (Lipinski definition) is 0. The summed E-state index contributed by atoms with van der Waals surface area (Å²) in [6, 6.07) is 0. The van der Waals surface area contributed by atoms with Crippen molar-refractivity contribution in [3.05, 3.63) is 0 Å². The Hall–Kier alpha value is -1.59. The summed E-state index contributed by atoms with van der Waals surface area (Å²) in [5, 5.41) is 0. The predicted octanol–water partition coefficient (Wildman–Crippen LogP) is 18.1. The Morgan fingerprint density at radius 1 is 0.306 bits per heavy atom. The standard InChI is InChI=1S/C56H108O6/c1-6-7-8-9-10-11-12-19-24-27-32-38-43-48-56(59)62-53(50-61-55(58)47-42-37-33-28-30-35-40-45-52(4)5)49-60-54(57)46-41-36-31-26-23-21-18-16-14-13-15-17-20-22-25-29-34-39-44-51(2)3/h51-53H,6-50H2,1-5H3/t53-/m1/s1. The Morgan fingerprint density at radius 3 is 0.790 bits per heavy atom. The van der Waals surface area contributed by atoms with E-state index in [-0.39, 0.29) is 31.1 Å². The number of carbonyl (C=O) groups excluding carboxylic acids is 3. The maximum absolute atomic E-state index is 12.8. The van der Waals surface area contributed by atoms with E-state index < -0.39 is 6.10 Å². The average molecular weight is 877 g/mol. The summed E-state index contributed by atoms with van der Waals surface area (Å²) < 4.78 is 16.8. The molecule has 1 atom stereocenters. The highest BCUT2D eigenvalue weighted by Crippen LogP contribution is 2.18. The van der Waals surface area contributed by atoms with E-state index in [0.717, 1.165) is 69.6 Å². The number of ether oxygens (including phenoxy) is 3. The minimum absolute atomic E-state index is 0.0635. The maximum Gasteiger partial charge on any atom is 0.306 e. The molecule has 0 bridgehead atoms. The molecule has 0 radical (unpaired) electrons. The minimum atomic E-state index is -0.762. The van der Waals surface area contributed by atoms with Gasteiger partial charge in [-0.25, -0.2) is 0 Å². The number of esters is 3. The predicted molar refractivity (Wildman–Crippen MR) is 266 cm³/mol. The van der Waals surface area contributed by atoms with Crippen LogP contribution in [-0.4, -0.2) is 37.2 Å². The fraction of sp³-hybridized carbons (Fsp3) is 0.946. The molecule has 62 heavy (non-hydrogen) atoms. The Kier molecular flexibility index (Phi) is 47.6. The Labute approximate surface area is 387 Å². The molecular formula is C56H108O6. The number of rotatable bonds is 50. The van der Waals surface area contributed by atoms with Crippen molar-refractivity contribution in [2.45, 2.75) is 317 Å². The first-order valence-corrected chi connectivity index (χ1v) is 27.7. The van der Waals surface area contributed by atoms with E-state index in [1.807, 2.05) is 0 Å². The highest BCUT2D eigenvalue weighted by molar-refractivity contribution is 5.71. The largest absolute Gasteiger partial charge is 0.462 e. The second-order valence-corrected chi connectivity index (χ2v) is 20.2. The van der Waals surface area contributed by atoms with Crippen LogP contribution >= 0.6 is 0 Å². The van der Waals surface area contributed by atoms with Gasteiger partial charge >= 0.3 is 17.9 Å². The molecule has 0 unspecified atom stereocenters.